The van der Waals surface area contributed by atoms with E-state index in [4.69, 9.17) is 0 Å². The molecule has 9 heteroatoms. The molecule has 1 N–H and O–H groups in total. The van der Waals surface area contributed by atoms with Gasteiger partial charge < -0.3 is 5.32 Å². The molecule has 1 aromatic carbocycles. The van der Waals surface area contributed by atoms with Crippen molar-refractivity contribution >= 4 is 5.78 Å². The number of fused-ring (bicyclic) bond motifs is 1. The number of rotatable bonds is 3. The Morgan fingerprint density at radius 2 is 1.94 bits per heavy atom. The molecule has 0 saturated heterocycles. The van der Waals surface area contributed by atoms with E-state index < -0.39 is 23.5 Å². The van der Waals surface area contributed by atoms with E-state index in [-0.39, 0.29) is 29.6 Å². The predicted octanol–water partition coefficient (Wildman–Crippen LogP) is 5.90. The summed E-state index contributed by atoms with van der Waals surface area (Å²) in [6, 6.07) is 9.37. The maximum atomic E-state index is 14.2. The molecule has 2 unspecified atom stereocenters. The molecule has 2 aliphatic heterocycles. The molecular formula is C26H28F3N5O. The summed E-state index contributed by atoms with van der Waals surface area (Å²) in [7, 11) is 1.83. The summed E-state index contributed by atoms with van der Waals surface area (Å²) in [5.74, 6) is -0.133. The van der Waals surface area contributed by atoms with E-state index in [2.05, 4.69) is 20.6 Å². The molecule has 2 aromatic rings. The topological polar surface area (TPSA) is 71.6 Å². The number of halogens is 3. The van der Waals surface area contributed by atoms with Crippen LogP contribution in [0.5, 0.6) is 0 Å². The quantitative estimate of drug-likeness (QED) is 0.591. The Labute approximate surface area is 202 Å². The van der Waals surface area contributed by atoms with E-state index in [0.717, 1.165) is 17.0 Å². The van der Waals surface area contributed by atoms with Crippen molar-refractivity contribution in [3.8, 4) is 11.3 Å². The van der Waals surface area contributed by atoms with E-state index in [0.29, 0.717) is 23.3 Å². The number of hydrogen-bond acceptors (Lipinski definition) is 5. The number of nitrogens with one attached hydrogen (secondary N) is 1. The number of azo groups is 1. The van der Waals surface area contributed by atoms with Gasteiger partial charge in [-0.25, -0.2) is 0 Å². The molecule has 3 heterocycles. The number of hydrogen-bond donors (Lipinski definition) is 1. The lowest BCUT2D eigenvalue weighted by atomic mass is 9.58. The minimum atomic E-state index is -4.69. The van der Waals surface area contributed by atoms with Crippen molar-refractivity contribution in [1.29, 1.82) is 0 Å². The Morgan fingerprint density at radius 1 is 1.20 bits per heavy atom. The molecule has 35 heavy (non-hydrogen) atoms. The average molecular weight is 484 g/mol. The number of nitrogens with zero attached hydrogens (tertiary/aromatic N) is 4. The summed E-state index contributed by atoms with van der Waals surface area (Å²) in [6.45, 7) is 7.72. The summed E-state index contributed by atoms with van der Waals surface area (Å²) in [4.78, 5) is 13.7. The van der Waals surface area contributed by atoms with Crippen molar-refractivity contribution in [1.82, 2.24) is 15.1 Å². The Kier molecular flexibility index (Phi) is 5.13. The normalized spacial score (nSPS) is 25.6. The highest BCUT2D eigenvalue weighted by Gasteiger charge is 2.57. The van der Waals surface area contributed by atoms with Crippen molar-refractivity contribution in [2.75, 3.05) is 0 Å². The fourth-order valence-electron chi connectivity index (χ4n) is 6.04. The third-order valence-electron chi connectivity index (χ3n) is 7.33. The van der Waals surface area contributed by atoms with Crippen LogP contribution in [0.15, 0.2) is 63.1 Å². The van der Waals surface area contributed by atoms with Crippen LogP contribution in [0, 0.1) is 12.3 Å². The maximum absolute atomic E-state index is 14.2. The molecule has 184 valence electrons. The molecule has 5 rings (SSSR count). The maximum Gasteiger partial charge on any atom is 0.435 e. The third kappa shape index (κ3) is 3.54. The molecule has 1 aliphatic carbocycles. The van der Waals surface area contributed by atoms with Gasteiger partial charge in [0.15, 0.2) is 17.6 Å². The largest absolute Gasteiger partial charge is 0.435 e. The van der Waals surface area contributed by atoms with Gasteiger partial charge in [-0.2, -0.15) is 23.4 Å². The van der Waals surface area contributed by atoms with Crippen LogP contribution >= 0.6 is 0 Å². The van der Waals surface area contributed by atoms with E-state index in [9.17, 15) is 18.0 Å². The highest BCUT2D eigenvalue weighted by molar-refractivity contribution is 6.01. The van der Waals surface area contributed by atoms with E-state index in [1.165, 1.54) is 0 Å². The number of carbonyl (C=O) groups is 1. The van der Waals surface area contributed by atoms with Crippen LogP contribution in [0.25, 0.3) is 11.3 Å². The van der Waals surface area contributed by atoms with Crippen molar-refractivity contribution in [3.63, 3.8) is 0 Å². The smallest absolute Gasteiger partial charge is 0.362 e. The molecule has 0 fully saturated rings. The number of alkyl halides is 3. The number of aromatic nitrogens is 2. The Balaban J connectivity index is 1.83. The average Bonchev–Trinajstić information content (AvgIpc) is 3.34. The number of carbonyl (C=O) groups excluding carboxylic acids is 1. The highest BCUT2D eigenvalue weighted by atomic mass is 19.4. The zero-order chi connectivity index (χ0) is 25.3. The van der Waals surface area contributed by atoms with Gasteiger partial charge in [0, 0.05) is 35.9 Å². The van der Waals surface area contributed by atoms with Crippen molar-refractivity contribution in [2.24, 2.45) is 22.7 Å². The summed E-state index contributed by atoms with van der Waals surface area (Å²) in [5.41, 5.74) is 1.62. The van der Waals surface area contributed by atoms with Crippen molar-refractivity contribution in [2.45, 2.75) is 64.7 Å². The van der Waals surface area contributed by atoms with Crippen LogP contribution in [0.3, 0.4) is 0 Å². The van der Waals surface area contributed by atoms with Gasteiger partial charge in [0.25, 0.3) is 0 Å². The second-order valence-corrected chi connectivity index (χ2v) is 10.5. The van der Waals surface area contributed by atoms with Crippen LogP contribution < -0.4 is 5.32 Å². The molecular weight excluding hydrogens is 455 g/mol. The van der Waals surface area contributed by atoms with Gasteiger partial charge in [-0.1, -0.05) is 39.0 Å². The van der Waals surface area contributed by atoms with Gasteiger partial charge in [-0.3, -0.25) is 9.48 Å². The van der Waals surface area contributed by atoms with E-state index >= 15 is 0 Å². The first-order chi connectivity index (χ1) is 16.4. The predicted molar refractivity (Wildman–Crippen MR) is 125 cm³/mol. The van der Waals surface area contributed by atoms with Crippen molar-refractivity contribution < 1.29 is 18.0 Å². The van der Waals surface area contributed by atoms with Crippen LogP contribution in [-0.4, -0.2) is 27.9 Å². The summed E-state index contributed by atoms with van der Waals surface area (Å²) < 4.78 is 44.4. The molecule has 3 aliphatic rings. The number of benzene rings is 1. The van der Waals surface area contributed by atoms with Crippen LogP contribution in [-0.2, 0) is 17.3 Å². The first-order valence-electron chi connectivity index (χ1n) is 11.7. The lowest BCUT2D eigenvalue weighted by molar-refractivity contribution is -0.119. The highest BCUT2D eigenvalue weighted by Crippen LogP contribution is 2.56. The number of aryl methyl sites for hydroxylation is 2. The molecule has 0 spiro atoms. The summed E-state index contributed by atoms with van der Waals surface area (Å²) >= 11 is 0. The fraction of sp³-hybridized carbons (Fsp3) is 0.462. The zero-order valence-electron chi connectivity index (χ0n) is 20.4. The SMILES string of the molecule is CCC1(c2cccc(-c3cc(C)nn3C)c2)C2=C(CC(C)(C)CC2=O)NC2N=NC(C(F)(F)F)=C21. The lowest BCUT2D eigenvalue weighted by Gasteiger charge is -2.48. The Hall–Kier alpha value is -3.23. The first kappa shape index (κ1) is 23.5. The molecule has 6 nitrogen and oxygen atoms in total. The Morgan fingerprint density at radius 3 is 2.57 bits per heavy atom. The first-order valence-corrected chi connectivity index (χ1v) is 11.7. The summed E-state index contributed by atoms with van der Waals surface area (Å²) in [6.07, 6.45) is -4.57. The summed E-state index contributed by atoms with van der Waals surface area (Å²) in [5, 5.41) is 15.2. The standard InChI is InChI=1S/C26H28F3N5O/c1-6-25(16-9-7-8-15(11-16)18-10-14(2)33-34(18)5)20-17(12-24(3,4)13-19(20)35)30-23-21(25)22(31-32-23)26(27,28)29/h7-11,23,30H,6,12-13H2,1-5H3. The van der Waals surface area contributed by atoms with Gasteiger partial charge in [0.05, 0.1) is 16.8 Å². The van der Waals surface area contributed by atoms with Crippen molar-refractivity contribution in [3.05, 3.63) is 64.1 Å². The minimum Gasteiger partial charge on any atom is -0.362 e. The lowest BCUT2D eigenvalue weighted by Crippen LogP contribution is -2.52. The van der Waals surface area contributed by atoms with Crippen LogP contribution in [0.1, 0.15) is 51.3 Å². The Bertz CT molecular complexity index is 1330. The van der Waals surface area contributed by atoms with Gasteiger partial charge in [0.2, 0.25) is 0 Å². The number of ketones is 1. The second-order valence-electron chi connectivity index (χ2n) is 10.5. The van der Waals surface area contributed by atoms with Gasteiger partial charge >= 0.3 is 6.18 Å². The second kappa shape index (κ2) is 7.63. The van der Waals surface area contributed by atoms with E-state index in [1.54, 1.807) is 4.68 Å². The molecule has 0 bridgehead atoms. The zero-order valence-corrected chi connectivity index (χ0v) is 20.4. The van der Waals surface area contributed by atoms with Gasteiger partial charge in [-0.15, -0.1) is 5.11 Å². The van der Waals surface area contributed by atoms with Crippen LogP contribution in [0.2, 0.25) is 0 Å². The number of Topliss-reactive ketones (excluding diaryl/α,β-unsaturated/α-hetero) is 1. The molecule has 1 aromatic heterocycles. The van der Waals surface area contributed by atoms with Gasteiger partial charge in [0.1, 0.15) is 0 Å². The molecule has 0 amide bonds. The fourth-order valence-corrected chi connectivity index (χ4v) is 6.04. The van der Waals surface area contributed by atoms with E-state index in [1.807, 2.05) is 65.1 Å². The number of allylic oxidation sites excluding steroid dienone is 3. The van der Waals surface area contributed by atoms with Crippen LogP contribution in [0.4, 0.5) is 13.2 Å². The van der Waals surface area contributed by atoms with Gasteiger partial charge in [-0.05, 0) is 42.9 Å². The molecule has 0 saturated carbocycles. The molecule has 0 radical (unpaired) electrons. The molecule has 2 atom stereocenters. The minimum absolute atomic E-state index is 0.0117. The third-order valence-corrected chi connectivity index (χ3v) is 7.33. The monoisotopic (exact) mass is 483 g/mol.